The largest absolute Gasteiger partial charge is 0.481 e. The molecule has 1 aliphatic heterocycles. The average molecular weight is 311 g/mol. The van der Waals surface area contributed by atoms with E-state index in [9.17, 15) is 14.7 Å². The third kappa shape index (κ3) is 3.35. The van der Waals surface area contributed by atoms with E-state index in [4.69, 9.17) is 11.6 Å². The molecule has 114 valence electrons. The van der Waals surface area contributed by atoms with Crippen LogP contribution >= 0.6 is 11.6 Å². The third-order valence-corrected chi connectivity index (χ3v) is 4.19. The van der Waals surface area contributed by atoms with E-state index in [0.717, 1.165) is 6.42 Å². The van der Waals surface area contributed by atoms with Crippen LogP contribution in [0.2, 0.25) is 5.15 Å². The first-order chi connectivity index (χ1) is 9.98. The molecule has 1 N–H and O–H groups in total. The summed E-state index contributed by atoms with van der Waals surface area (Å²) in [7, 11) is 0. The van der Waals surface area contributed by atoms with Gasteiger partial charge in [0.1, 0.15) is 10.8 Å². The number of aliphatic carboxylic acids is 1. The van der Waals surface area contributed by atoms with Crippen molar-refractivity contribution in [2.24, 2.45) is 5.41 Å². The lowest BCUT2D eigenvalue weighted by Crippen LogP contribution is -2.50. The molecule has 0 saturated carbocycles. The number of hydrogen-bond acceptors (Lipinski definition) is 3. The summed E-state index contributed by atoms with van der Waals surface area (Å²) in [5.41, 5.74) is -0.568. The fourth-order valence-electron chi connectivity index (χ4n) is 2.96. The normalized spacial score (nSPS) is 22.1. The second-order valence-corrected chi connectivity index (χ2v) is 5.90. The van der Waals surface area contributed by atoms with E-state index in [1.54, 1.807) is 23.1 Å². The molecule has 5 nitrogen and oxygen atoms in total. The van der Waals surface area contributed by atoms with Gasteiger partial charge in [-0.3, -0.25) is 9.59 Å². The van der Waals surface area contributed by atoms with Crippen LogP contribution < -0.4 is 0 Å². The molecular formula is C15H19ClN2O3. The highest BCUT2D eigenvalue weighted by Crippen LogP contribution is 2.35. The van der Waals surface area contributed by atoms with Crippen LogP contribution in [0, 0.1) is 5.41 Å². The topological polar surface area (TPSA) is 70.5 Å². The van der Waals surface area contributed by atoms with Crippen molar-refractivity contribution >= 4 is 23.5 Å². The van der Waals surface area contributed by atoms with Crippen LogP contribution in [0.1, 0.15) is 43.1 Å². The maximum atomic E-state index is 12.5. The van der Waals surface area contributed by atoms with E-state index in [0.29, 0.717) is 25.8 Å². The molecule has 2 rings (SSSR count). The first-order valence-electron chi connectivity index (χ1n) is 7.14. The standard InChI is InChI=1S/C15H19ClN2O3/c1-2-7-15(14(20)21)8-4-9-18(10-15)13(19)11-5-3-6-12(16)17-11/h3,5-6H,2,4,7-10H2,1H3,(H,20,21). The monoisotopic (exact) mass is 310 g/mol. The zero-order chi connectivity index (χ0) is 15.5. The molecule has 0 aromatic carbocycles. The van der Waals surface area contributed by atoms with Gasteiger partial charge in [-0.2, -0.15) is 0 Å². The van der Waals surface area contributed by atoms with Gasteiger partial charge in [0.2, 0.25) is 0 Å². The van der Waals surface area contributed by atoms with Gasteiger partial charge in [0.05, 0.1) is 5.41 Å². The maximum Gasteiger partial charge on any atom is 0.311 e. The SMILES string of the molecule is CCCC1(C(=O)O)CCCN(C(=O)c2cccc(Cl)n2)C1. The maximum absolute atomic E-state index is 12.5. The van der Waals surface area contributed by atoms with Crippen molar-refractivity contribution in [1.82, 2.24) is 9.88 Å². The summed E-state index contributed by atoms with van der Waals surface area (Å²) in [6.45, 7) is 2.76. The molecule has 1 aromatic heterocycles. The Morgan fingerprint density at radius 1 is 1.48 bits per heavy atom. The Balaban J connectivity index is 2.20. The number of aromatic nitrogens is 1. The quantitative estimate of drug-likeness (QED) is 0.868. The van der Waals surface area contributed by atoms with Gasteiger partial charge in [0, 0.05) is 13.1 Å². The highest BCUT2D eigenvalue weighted by molar-refractivity contribution is 6.29. The van der Waals surface area contributed by atoms with E-state index in [2.05, 4.69) is 4.98 Å². The van der Waals surface area contributed by atoms with Gasteiger partial charge in [-0.05, 0) is 31.4 Å². The predicted octanol–water partition coefficient (Wildman–Crippen LogP) is 2.84. The molecular weight excluding hydrogens is 292 g/mol. The van der Waals surface area contributed by atoms with Crippen molar-refractivity contribution < 1.29 is 14.7 Å². The predicted molar refractivity (Wildman–Crippen MR) is 79.4 cm³/mol. The third-order valence-electron chi connectivity index (χ3n) is 3.98. The van der Waals surface area contributed by atoms with Crippen LogP contribution in [0.15, 0.2) is 18.2 Å². The molecule has 1 aliphatic rings. The first-order valence-corrected chi connectivity index (χ1v) is 7.51. The molecule has 1 saturated heterocycles. The molecule has 1 amide bonds. The number of carbonyl (C=O) groups excluding carboxylic acids is 1. The Hall–Kier alpha value is -1.62. The highest BCUT2D eigenvalue weighted by Gasteiger charge is 2.43. The lowest BCUT2D eigenvalue weighted by atomic mass is 9.76. The smallest absolute Gasteiger partial charge is 0.311 e. The van der Waals surface area contributed by atoms with E-state index in [1.165, 1.54) is 0 Å². The fraction of sp³-hybridized carbons (Fsp3) is 0.533. The van der Waals surface area contributed by atoms with E-state index in [1.807, 2.05) is 6.92 Å². The minimum atomic E-state index is -0.832. The Bertz CT molecular complexity index is 545. The van der Waals surface area contributed by atoms with E-state index < -0.39 is 11.4 Å². The van der Waals surface area contributed by atoms with Gasteiger partial charge in [-0.25, -0.2) is 4.98 Å². The summed E-state index contributed by atoms with van der Waals surface area (Å²) in [4.78, 5) is 29.7. The number of piperidine rings is 1. The zero-order valence-corrected chi connectivity index (χ0v) is 12.8. The molecule has 2 heterocycles. The number of nitrogens with zero attached hydrogens (tertiary/aromatic N) is 2. The van der Waals surface area contributed by atoms with Crippen LogP contribution in [0.4, 0.5) is 0 Å². The number of rotatable bonds is 4. The number of hydrogen-bond donors (Lipinski definition) is 1. The molecule has 1 fully saturated rings. The zero-order valence-electron chi connectivity index (χ0n) is 12.0. The number of likely N-dealkylation sites (tertiary alicyclic amines) is 1. The van der Waals surface area contributed by atoms with Crippen molar-refractivity contribution in [3.8, 4) is 0 Å². The Labute approximate surface area is 128 Å². The van der Waals surface area contributed by atoms with Gasteiger partial charge in [-0.15, -0.1) is 0 Å². The van der Waals surface area contributed by atoms with Crippen LogP contribution in [0.3, 0.4) is 0 Å². The molecule has 1 atom stereocenters. The summed E-state index contributed by atoms with van der Waals surface area (Å²) in [6.07, 6.45) is 2.67. The second kappa shape index (κ2) is 6.43. The van der Waals surface area contributed by atoms with Crippen molar-refractivity contribution in [3.05, 3.63) is 29.0 Å². The van der Waals surface area contributed by atoms with Crippen LogP contribution in [0.25, 0.3) is 0 Å². The van der Waals surface area contributed by atoms with Gasteiger partial charge >= 0.3 is 5.97 Å². The highest BCUT2D eigenvalue weighted by atomic mass is 35.5. The van der Waals surface area contributed by atoms with Crippen molar-refractivity contribution in [1.29, 1.82) is 0 Å². The Morgan fingerprint density at radius 3 is 2.86 bits per heavy atom. The first kappa shape index (κ1) is 15.8. The number of carboxylic acids is 1. The second-order valence-electron chi connectivity index (χ2n) is 5.51. The van der Waals surface area contributed by atoms with Crippen molar-refractivity contribution in [2.45, 2.75) is 32.6 Å². The van der Waals surface area contributed by atoms with E-state index in [-0.39, 0.29) is 23.3 Å². The summed E-state index contributed by atoms with van der Waals surface area (Å²) in [5, 5.41) is 9.82. The van der Waals surface area contributed by atoms with Crippen LogP contribution in [-0.4, -0.2) is 40.0 Å². The van der Waals surface area contributed by atoms with Crippen LogP contribution in [-0.2, 0) is 4.79 Å². The number of carboxylic acid groups (broad SMARTS) is 1. The molecule has 21 heavy (non-hydrogen) atoms. The van der Waals surface area contributed by atoms with Crippen molar-refractivity contribution in [2.75, 3.05) is 13.1 Å². The Morgan fingerprint density at radius 2 is 2.24 bits per heavy atom. The number of halogens is 1. The minimum Gasteiger partial charge on any atom is -0.481 e. The average Bonchev–Trinajstić information content (AvgIpc) is 2.47. The summed E-state index contributed by atoms with van der Waals surface area (Å²) in [6, 6.07) is 4.88. The minimum absolute atomic E-state index is 0.239. The van der Waals surface area contributed by atoms with Gasteiger partial charge in [0.25, 0.3) is 5.91 Å². The molecule has 0 radical (unpaired) electrons. The van der Waals surface area contributed by atoms with Crippen LogP contribution in [0.5, 0.6) is 0 Å². The molecule has 0 spiro atoms. The Kier molecular flexibility index (Phi) is 4.83. The summed E-state index contributed by atoms with van der Waals surface area (Å²) < 4.78 is 0. The van der Waals surface area contributed by atoms with E-state index >= 15 is 0 Å². The number of amides is 1. The number of carbonyl (C=O) groups is 2. The lowest BCUT2D eigenvalue weighted by molar-refractivity contribution is -0.152. The van der Waals surface area contributed by atoms with Gasteiger partial charge in [0.15, 0.2) is 0 Å². The number of pyridine rings is 1. The molecule has 1 aromatic rings. The lowest BCUT2D eigenvalue weighted by Gasteiger charge is -2.39. The molecule has 1 unspecified atom stereocenters. The fourth-order valence-corrected chi connectivity index (χ4v) is 3.12. The summed E-state index contributed by atoms with van der Waals surface area (Å²) in [5.74, 6) is -1.07. The molecule has 0 bridgehead atoms. The summed E-state index contributed by atoms with van der Waals surface area (Å²) >= 11 is 5.81. The van der Waals surface area contributed by atoms with Gasteiger partial charge in [-0.1, -0.05) is 31.0 Å². The molecule has 6 heteroatoms. The van der Waals surface area contributed by atoms with Gasteiger partial charge < -0.3 is 10.0 Å². The van der Waals surface area contributed by atoms with Crippen molar-refractivity contribution in [3.63, 3.8) is 0 Å². The molecule has 0 aliphatic carbocycles.